The molecule has 0 saturated carbocycles. The van der Waals surface area contributed by atoms with Gasteiger partial charge in [-0.25, -0.2) is 9.97 Å². The predicted octanol–water partition coefficient (Wildman–Crippen LogP) is 3.45. The van der Waals surface area contributed by atoms with E-state index >= 15 is 0 Å². The summed E-state index contributed by atoms with van der Waals surface area (Å²) in [6.07, 6.45) is 0. The third kappa shape index (κ3) is 2.01. The van der Waals surface area contributed by atoms with Crippen LogP contribution in [0.2, 0.25) is 0 Å². The molecule has 5 nitrogen and oxygen atoms in total. The Balaban J connectivity index is 2.20. The van der Waals surface area contributed by atoms with Crippen LogP contribution >= 0.6 is 0 Å². The molecule has 0 amide bonds. The number of nitrogens with zero attached hydrogens (tertiary/aromatic N) is 3. The van der Waals surface area contributed by atoms with Crippen molar-refractivity contribution in [2.45, 2.75) is 6.92 Å². The van der Waals surface area contributed by atoms with E-state index < -0.39 is 0 Å². The molecule has 2 aromatic carbocycles. The third-order valence-electron chi connectivity index (χ3n) is 3.99. The molecule has 0 aliphatic carbocycles. The van der Waals surface area contributed by atoms with Crippen LogP contribution in [0, 0.1) is 6.92 Å². The zero-order valence-corrected chi connectivity index (χ0v) is 12.9. The molecule has 4 aromatic rings. The van der Waals surface area contributed by atoms with Gasteiger partial charge in [0.25, 0.3) is 0 Å². The van der Waals surface area contributed by atoms with Crippen LogP contribution in [0.1, 0.15) is 5.69 Å². The third-order valence-corrected chi connectivity index (χ3v) is 3.99. The van der Waals surface area contributed by atoms with Crippen LogP contribution in [-0.4, -0.2) is 21.5 Å². The number of anilines is 1. The minimum absolute atomic E-state index is 0.481. The first-order valence-corrected chi connectivity index (χ1v) is 7.37. The van der Waals surface area contributed by atoms with Gasteiger partial charge in [0.05, 0.1) is 23.8 Å². The van der Waals surface area contributed by atoms with E-state index in [-0.39, 0.29) is 0 Å². The molecule has 0 radical (unpaired) electrons. The Labute approximate surface area is 133 Å². The van der Waals surface area contributed by atoms with Gasteiger partial charge in [-0.05, 0) is 19.1 Å². The highest BCUT2D eigenvalue weighted by molar-refractivity contribution is 5.88. The fourth-order valence-corrected chi connectivity index (χ4v) is 2.93. The van der Waals surface area contributed by atoms with E-state index in [2.05, 4.69) is 9.38 Å². The summed E-state index contributed by atoms with van der Waals surface area (Å²) in [4.78, 5) is 9.24. The van der Waals surface area contributed by atoms with E-state index in [0.717, 1.165) is 39.4 Å². The van der Waals surface area contributed by atoms with Crippen molar-refractivity contribution in [3.05, 3.63) is 54.2 Å². The Morgan fingerprint density at radius 1 is 1.04 bits per heavy atom. The molecular formula is C18H16N4O. The zero-order chi connectivity index (χ0) is 16.0. The van der Waals surface area contributed by atoms with Crippen LogP contribution in [0.15, 0.2) is 48.5 Å². The molecule has 0 fully saturated rings. The predicted molar refractivity (Wildman–Crippen MR) is 91.6 cm³/mol. The summed E-state index contributed by atoms with van der Waals surface area (Å²) in [5, 5.41) is 0. The van der Waals surface area contributed by atoms with E-state index in [1.165, 1.54) is 0 Å². The average molecular weight is 304 g/mol. The van der Waals surface area contributed by atoms with Gasteiger partial charge in [-0.2, -0.15) is 0 Å². The molecule has 2 aromatic heterocycles. The van der Waals surface area contributed by atoms with Crippen LogP contribution < -0.4 is 10.5 Å². The lowest BCUT2D eigenvalue weighted by Crippen LogP contribution is -2.00. The summed E-state index contributed by atoms with van der Waals surface area (Å²) in [5.41, 5.74) is 10.6. The highest BCUT2D eigenvalue weighted by Gasteiger charge is 2.16. The Morgan fingerprint density at radius 2 is 1.83 bits per heavy atom. The molecule has 114 valence electrons. The molecule has 0 saturated heterocycles. The van der Waals surface area contributed by atoms with E-state index in [1.807, 2.05) is 55.5 Å². The zero-order valence-electron chi connectivity index (χ0n) is 12.9. The van der Waals surface area contributed by atoms with Crippen LogP contribution in [0.3, 0.4) is 0 Å². The summed E-state index contributed by atoms with van der Waals surface area (Å²) in [5.74, 6) is 2.11. The quantitative estimate of drug-likeness (QED) is 0.616. The molecule has 0 bridgehead atoms. The van der Waals surface area contributed by atoms with Crippen molar-refractivity contribution >= 4 is 22.4 Å². The summed E-state index contributed by atoms with van der Waals surface area (Å²) in [7, 11) is 1.65. The van der Waals surface area contributed by atoms with Gasteiger partial charge >= 0.3 is 0 Å². The van der Waals surface area contributed by atoms with Crippen molar-refractivity contribution in [1.29, 1.82) is 0 Å². The van der Waals surface area contributed by atoms with Crippen molar-refractivity contribution < 1.29 is 4.74 Å². The van der Waals surface area contributed by atoms with Gasteiger partial charge in [0, 0.05) is 11.6 Å². The number of hydrogen-bond acceptors (Lipinski definition) is 4. The van der Waals surface area contributed by atoms with E-state index in [4.69, 9.17) is 15.5 Å². The van der Waals surface area contributed by atoms with Crippen molar-refractivity contribution in [2.24, 2.45) is 0 Å². The fraction of sp³-hybridized carbons (Fsp3) is 0.111. The second-order valence-electron chi connectivity index (χ2n) is 5.42. The largest absolute Gasteiger partial charge is 0.497 e. The van der Waals surface area contributed by atoms with Gasteiger partial charge < -0.3 is 10.5 Å². The summed E-state index contributed by atoms with van der Waals surface area (Å²) in [6.45, 7) is 1.95. The molecule has 0 unspecified atom stereocenters. The molecule has 2 heterocycles. The van der Waals surface area contributed by atoms with Crippen molar-refractivity contribution in [3.63, 3.8) is 0 Å². The fourth-order valence-electron chi connectivity index (χ4n) is 2.93. The Morgan fingerprint density at radius 3 is 2.57 bits per heavy atom. The number of methoxy groups -OCH3 is 1. The Bertz CT molecular complexity index is 1020. The molecule has 0 aliphatic rings. The number of imidazole rings is 1. The molecule has 4 rings (SSSR count). The maximum atomic E-state index is 6.18. The number of fused-ring (bicyclic) bond motifs is 3. The Hall–Kier alpha value is -3.08. The van der Waals surface area contributed by atoms with Crippen LogP contribution in [0.5, 0.6) is 5.75 Å². The number of hydrogen-bond donors (Lipinski definition) is 1. The first-order chi connectivity index (χ1) is 11.2. The van der Waals surface area contributed by atoms with Gasteiger partial charge in [0.1, 0.15) is 22.9 Å². The van der Waals surface area contributed by atoms with E-state index in [0.29, 0.717) is 5.82 Å². The molecule has 5 heteroatoms. The number of ether oxygens (including phenoxy) is 1. The van der Waals surface area contributed by atoms with Gasteiger partial charge in [-0.15, -0.1) is 0 Å². The summed E-state index contributed by atoms with van der Waals surface area (Å²) in [6, 6.07) is 15.8. The SMILES string of the molecule is COc1ccc2nc(N)c3c(C)nc(-c4ccccc4)n3c2c1. The normalized spacial score (nSPS) is 11.2. The number of nitrogens with two attached hydrogens (primary N) is 1. The number of rotatable bonds is 2. The molecule has 0 spiro atoms. The van der Waals surface area contributed by atoms with Gasteiger partial charge in [-0.3, -0.25) is 4.40 Å². The summed E-state index contributed by atoms with van der Waals surface area (Å²) >= 11 is 0. The second kappa shape index (κ2) is 4.98. The first-order valence-electron chi connectivity index (χ1n) is 7.37. The van der Waals surface area contributed by atoms with Crippen molar-refractivity contribution in [1.82, 2.24) is 14.4 Å². The number of aromatic nitrogens is 3. The number of nitrogen functional groups attached to an aromatic ring is 1. The van der Waals surface area contributed by atoms with Gasteiger partial charge in [0.15, 0.2) is 0 Å². The Kier molecular flexibility index (Phi) is 2.94. The standard InChI is InChI=1S/C18H16N4O/c1-11-16-17(19)21-14-9-8-13(23-2)10-15(14)22(16)18(20-11)12-6-4-3-5-7-12/h3-10H,1-2H3,(H2,19,21). The minimum atomic E-state index is 0.481. The van der Waals surface area contributed by atoms with Crippen LogP contribution in [-0.2, 0) is 0 Å². The van der Waals surface area contributed by atoms with Crippen LogP contribution in [0.25, 0.3) is 27.9 Å². The average Bonchev–Trinajstić information content (AvgIpc) is 2.94. The molecule has 0 aliphatic heterocycles. The number of benzene rings is 2. The van der Waals surface area contributed by atoms with Gasteiger partial charge in [0.2, 0.25) is 0 Å². The molecule has 0 atom stereocenters. The lowest BCUT2D eigenvalue weighted by atomic mass is 10.2. The monoisotopic (exact) mass is 304 g/mol. The smallest absolute Gasteiger partial charge is 0.150 e. The van der Waals surface area contributed by atoms with E-state index in [9.17, 15) is 0 Å². The first kappa shape index (κ1) is 13.6. The maximum Gasteiger partial charge on any atom is 0.150 e. The second-order valence-corrected chi connectivity index (χ2v) is 5.42. The van der Waals surface area contributed by atoms with Crippen molar-refractivity contribution in [2.75, 3.05) is 12.8 Å². The molecule has 2 N–H and O–H groups in total. The van der Waals surface area contributed by atoms with E-state index in [1.54, 1.807) is 7.11 Å². The van der Waals surface area contributed by atoms with Gasteiger partial charge in [-0.1, -0.05) is 30.3 Å². The van der Waals surface area contributed by atoms with Crippen molar-refractivity contribution in [3.8, 4) is 17.1 Å². The minimum Gasteiger partial charge on any atom is -0.497 e. The molecular weight excluding hydrogens is 288 g/mol. The lowest BCUT2D eigenvalue weighted by molar-refractivity contribution is 0.415. The molecule has 23 heavy (non-hydrogen) atoms. The van der Waals surface area contributed by atoms with Crippen LogP contribution in [0.4, 0.5) is 5.82 Å². The maximum absolute atomic E-state index is 6.18. The topological polar surface area (TPSA) is 65.4 Å². The lowest BCUT2D eigenvalue weighted by Gasteiger charge is -2.09. The summed E-state index contributed by atoms with van der Waals surface area (Å²) < 4.78 is 7.42. The number of aryl methyl sites for hydroxylation is 1. The highest BCUT2D eigenvalue weighted by Crippen LogP contribution is 2.30. The highest BCUT2D eigenvalue weighted by atomic mass is 16.5.